The standard InChI is InChI=1S/C13H21N3O2S/c1-13(18,9-16(2)3)8-15-11(17)10-6-5-7-14-12(10)19-4/h5-7,18H,8-9H2,1-4H3,(H,15,17). The van der Waals surface area contributed by atoms with Gasteiger partial charge in [-0.05, 0) is 39.4 Å². The Morgan fingerprint density at radius 3 is 2.84 bits per heavy atom. The third-order valence-electron chi connectivity index (χ3n) is 2.50. The average Bonchev–Trinajstić information content (AvgIpc) is 2.34. The highest BCUT2D eigenvalue weighted by molar-refractivity contribution is 7.98. The molecule has 1 unspecified atom stereocenters. The fraction of sp³-hybridized carbons (Fsp3) is 0.538. The van der Waals surface area contributed by atoms with Crippen molar-refractivity contribution >= 4 is 17.7 Å². The molecular formula is C13H21N3O2S. The molecule has 0 radical (unpaired) electrons. The second-order valence-corrected chi connectivity index (χ2v) is 5.77. The number of hydrogen-bond acceptors (Lipinski definition) is 5. The summed E-state index contributed by atoms with van der Waals surface area (Å²) in [5, 5.41) is 13.6. The maximum absolute atomic E-state index is 12.1. The molecule has 6 heteroatoms. The van der Waals surface area contributed by atoms with Gasteiger partial charge in [-0.2, -0.15) is 0 Å². The Hall–Kier alpha value is -1.11. The van der Waals surface area contributed by atoms with Gasteiger partial charge in [0, 0.05) is 19.3 Å². The summed E-state index contributed by atoms with van der Waals surface area (Å²) in [7, 11) is 3.76. The van der Waals surface area contributed by atoms with Gasteiger partial charge >= 0.3 is 0 Å². The fourth-order valence-electron chi connectivity index (χ4n) is 1.83. The number of carbonyl (C=O) groups excluding carboxylic acids is 1. The van der Waals surface area contributed by atoms with Gasteiger partial charge in [-0.3, -0.25) is 4.79 Å². The minimum absolute atomic E-state index is 0.201. The molecule has 1 atom stereocenters. The van der Waals surface area contributed by atoms with Crippen molar-refractivity contribution in [2.24, 2.45) is 0 Å². The molecule has 5 nitrogen and oxygen atoms in total. The van der Waals surface area contributed by atoms with E-state index in [0.29, 0.717) is 17.1 Å². The number of carbonyl (C=O) groups is 1. The number of hydrogen-bond donors (Lipinski definition) is 2. The zero-order chi connectivity index (χ0) is 14.5. The van der Waals surface area contributed by atoms with Crippen molar-refractivity contribution < 1.29 is 9.90 Å². The average molecular weight is 283 g/mol. The molecule has 0 saturated heterocycles. The molecule has 106 valence electrons. The zero-order valence-electron chi connectivity index (χ0n) is 11.8. The first kappa shape index (κ1) is 15.9. The van der Waals surface area contributed by atoms with Gasteiger partial charge < -0.3 is 15.3 Å². The molecule has 1 rings (SSSR count). The van der Waals surface area contributed by atoms with Crippen LogP contribution in [-0.2, 0) is 0 Å². The summed E-state index contributed by atoms with van der Waals surface area (Å²) in [6.07, 6.45) is 3.53. The summed E-state index contributed by atoms with van der Waals surface area (Å²) in [5.41, 5.74) is -0.420. The Bertz CT molecular complexity index is 436. The number of pyridine rings is 1. The van der Waals surface area contributed by atoms with E-state index >= 15 is 0 Å². The van der Waals surface area contributed by atoms with Crippen LogP contribution in [0.1, 0.15) is 17.3 Å². The highest BCUT2D eigenvalue weighted by atomic mass is 32.2. The Labute approximate surface area is 118 Å². The van der Waals surface area contributed by atoms with E-state index in [1.165, 1.54) is 11.8 Å². The predicted molar refractivity (Wildman–Crippen MR) is 77.5 cm³/mol. The molecule has 0 aliphatic heterocycles. The van der Waals surface area contributed by atoms with Crippen molar-refractivity contribution in [1.29, 1.82) is 0 Å². The number of likely N-dealkylation sites (N-methyl/N-ethyl adjacent to an activating group) is 1. The number of amides is 1. The molecule has 1 heterocycles. The summed E-state index contributed by atoms with van der Waals surface area (Å²) in [6.45, 7) is 2.38. The first-order chi connectivity index (χ1) is 8.85. The first-order valence-electron chi connectivity index (χ1n) is 6.00. The number of aromatic nitrogens is 1. The molecule has 0 fully saturated rings. The molecule has 2 N–H and O–H groups in total. The Morgan fingerprint density at radius 2 is 2.26 bits per heavy atom. The van der Waals surface area contributed by atoms with Gasteiger partial charge in [0.25, 0.3) is 5.91 Å². The van der Waals surface area contributed by atoms with Crippen molar-refractivity contribution in [3.63, 3.8) is 0 Å². The molecule has 0 saturated carbocycles. The van der Waals surface area contributed by atoms with E-state index in [0.717, 1.165) is 0 Å². The zero-order valence-corrected chi connectivity index (χ0v) is 12.6. The number of aliphatic hydroxyl groups is 1. The van der Waals surface area contributed by atoms with Crippen molar-refractivity contribution in [2.75, 3.05) is 33.4 Å². The summed E-state index contributed by atoms with van der Waals surface area (Å²) in [4.78, 5) is 18.1. The van der Waals surface area contributed by atoms with Gasteiger partial charge in [-0.25, -0.2) is 4.98 Å². The van der Waals surface area contributed by atoms with Crippen LogP contribution in [0.4, 0.5) is 0 Å². The molecule has 0 aliphatic rings. The van der Waals surface area contributed by atoms with Crippen LogP contribution in [0, 0.1) is 0 Å². The van der Waals surface area contributed by atoms with E-state index in [-0.39, 0.29) is 12.5 Å². The van der Waals surface area contributed by atoms with Gasteiger partial charge in [0.2, 0.25) is 0 Å². The lowest BCUT2D eigenvalue weighted by Gasteiger charge is -2.27. The lowest BCUT2D eigenvalue weighted by molar-refractivity contribution is 0.0325. The topological polar surface area (TPSA) is 65.5 Å². The van der Waals surface area contributed by atoms with Crippen LogP contribution in [0.5, 0.6) is 0 Å². The van der Waals surface area contributed by atoms with Crippen LogP contribution in [0.15, 0.2) is 23.4 Å². The van der Waals surface area contributed by atoms with E-state index in [4.69, 9.17) is 0 Å². The quantitative estimate of drug-likeness (QED) is 0.758. The second kappa shape index (κ2) is 6.88. The highest BCUT2D eigenvalue weighted by Crippen LogP contribution is 2.16. The molecule has 1 amide bonds. The van der Waals surface area contributed by atoms with Crippen LogP contribution < -0.4 is 5.32 Å². The van der Waals surface area contributed by atoms with E-state index < -0.39 is 5.60 Å². The lowest BCUT2D eigenvalue weighted by Crippen LogP contribution is -2.47. The molecular weight excluding hydrogens is 262 g/mol. The number of nitrogens with zero attached hydrogens (tertiary/aromatic N) is 2. The normalized spacial score (nSPS) is 14.2. The van der Waals surface area contributed by atoms with Crippen molar-refractivity contribution in [1.82, 2.24) is 15.2 Å². The number of rotatable bonds is 6. The van der Waals surface area contributed by atoms with Crippen molar-refractivity contribution in [3.05, 3.63) is 23.9 Å². The Kier molecular flexibility index (Phi) is 5.78. The van der Waals surface area contributed by atoms with Crippen LogP contribution in [0.25, 0.3) is 0 Å². The van der Waals surface area contributed by atoms with Crippen LogP contribution in [0.2, 0.25) is 0 Å². The SMILES string of the molecule is CSc1ncccc1C(=O)NCC(C)(O)CN(C)C. The van der Waals surface area contributed by atoms with E-state index in [1.807, 2.05) is 25.3 Å². The summed E-state index contributed by atoms with van der Waals surface area (Å²) in [6, 6.07) is 3.46. The third-order valence-corrected chi connectivity index (χ3v) is 3.21. The molecule has 0 bridgehead atoms. The summed E-state index contributed by atoms with van der Waals surface area (Å²) < 4.78 is 0. The fourth-order valence-corrected chi connectivity index (χ4v) is 2.38. The monoisotopic (exact) mass is 283 g/mol. The lowest BCUT2D eigenvalue weighted by atomic mass is 10.1. The minimum Gasteiger partial charge on any atom is -0.387 e. The first-order valence-corrected chi connectivity index (χ1v) is 7.22. The third kappa shape index (κ3) is 5.18. The van der Waals surface area contributed by atoms with Gasteiger partial charge in [0.1, 0.15) is 5.03 Å². The molecule has 0 aromatic carbocycles. The highest BCUT2D eigenvalue weighted by Gasteiger charge is 2.23. The van der Waals surface area contributed by atoms with E-state index in [2.05, 4.69) is 10.3 Å². The van der Waals surface area contributed by atoms with Crippen molar-refractivity contribution in [2.45, 2.75) is 17.6 Å². The van der Waals surface area contributed by atoms with Crippen LogP contribution >= 0.6 is 11.8 Å². The Balaban J connectivity index is 2.65. The number of thioether (sulfide) groups is 1. The predicted octanol–water partition coefficient (Wildman–Crippen LogP) is 0.846. The smallest absolute Gasteiger partial charge is 0.254 e. The molecule has 1 aromatic heterocycles. The van der Waals surface area contributed by atoms with E-state index in [9.17, 15) is 9.90 Å². The molecule has 19 heavy (non-hydrogen) atoms. The Morgan fingerprint density at radius 1 is 1.58 bits per heavy atom. The largest absolute Gasteiger partial charge is 0.387 e. The van der Waals surface area contributed by atoms with Gasteiger partial charge in [0.15, 0.2) is 0 Å². The summed E-state index contributed by atoms with van der Waals surface area (Å²) >= 11 is 1.43. The minimum atomic E-state index is -0.957. The maximum Gasteiger partial charge on any atom is 0.254 e. The van der Waals surface area contributed by atoms with E-state index in [1.54, 1.807) is 25.3 Å². The number of nitrogens with one attached hydrogen (secondary N) is 1. The maximum atomic E-state index is 12.1. The molecule has 0 aliphatic carbocycles. The van der Waals surface area contributed by atoms with Crippen LogP contribution in [0.3, 0.4) is 0 Å². The second-order valence-electron chi connectivity index (χ2n) is 4.98. The van der Waals surface area contributed by atoms with Gasteiger partial charge in [0.05, 0.1) is 11.2 Å². The molecule has 1 aromatic rings. The van der Waals surface area contributed by atoms with Gasteiger partial charge in [-0.15, -0.1) is 11.8 Å². The van der Waals surface area contributed by atoms with Crippen molar-refractivity contribution in [3.8, 4) is 0 Å². The van der Waals surface area contributed by atoms with Gasteiger partial charge in [-0.1, -0.05) is 0 Å². The van der Waals surface area contributed by atoms with Crippen LogP contribution in [-0.4, -0.2) is 59.9 Å². The summed E-state index contributed by atoms with van der Waals surface area (Å²) in [5.74, 6) is -0.212. The molecule has 0 spiro atoms.